The zero-order valence-electron chi connectivity index (χ0n) is 13.0. The van der Waals surface area contributed by atoms with Crippen molar-refractivity contribution in [3.8, 4) is 0 Å². The number of hydrogen-bond acceptors (Lipinski definition) is 4. The first-order valence-corrected chi connectivity index (χ1v) is 7.60. The molecule has 1 saturated heterocycles. The van der Waals surface area contributed by atoms with Gasteiger partial charge < -0.3 is 10.1 Å². The molecule has 0 saturated carbocycles. The quantitative estimate of drug-likeness (QED) is 0.809. The van der Waals surface area contributed by atoms with Crippen LogP contribution in [0.2, 0.25) is 0 Å². The molecule has 0 aliphatic carbocycles. The van der Waals surface area contributed by atoms with Gasteiger partial charge in [0, 0.05) is 25.2 Å². The summed E-state index contributed by atoms with van der Waals surface area (Å²) in [6, 6.07) is 6.32. The van der Waals surface area contributed by atoms with E-state index in [1.54, 1.807) is 0 Å². The maximum absolute atomic E-state index is 5.57. The number of nitrogens with one attached hydrogen (secondary N) is 1. The molecule has 2 heterocycles. The lowest BCUT2D eigenvalue weighted by Gasteiger charge is -2.41. The molecule has 1 aromatic rings. The Morgan fingerprint density at radius 3 is 2.90 bits per heavy atom. The van der Waals surface area contributed by atoms with E-state index < -0.39 is 0 Å². The number of ether oxygens (including phenoxy) is 1. The van der Waals surface area contributed by atoms with Crippen molar-refractivity contribution < 1.29 is 4.74 Å². The lowest BCUT2D eigenvalue weighted by atomic mass is 10.0. The average molecular weight is 277 g/mol. The molecule has 1 N–H and O–H groups in total. The van der Waals surface area contributed by atoms with Crippen LogP contribution in [-0.2, 0) is 17.8 Å². The Hall–Kier alpha value is -0.970. The summed E-state index contributed by atoms with van der Waals surface area (Å²) in [6.45, 7) is 12.0. The first-order chi connectivity index (χ1) is 9.62. The van der Waals surface area contributed by atoms with Crippen LogP contribution in [-0.4, -0.2) is 41.7 Å². The van der Waals surface area contributed by atoms with E-state index in [1.807, 2.05) is 0 Å². The molecule has 0 radical (unpaired) electrons. The Kier molecular flexibility index (Phi) is 5.52. The van der Waals surface area contributed by atoms with Crippen LogP contribution in [0, 0.1) is 0 Å². The summed E-state index contributed by atoms with van der Waals surface area (Å²) >= 11 is 0. The van der Waals surface area contributed by atoms with E-state index in [2.05, 4.69) is 49.2 Å². The van der Waals surface area contributed by atoms with E-state index in [4.69, 9.17) is 9.72 Å². The van der Waals surface area contributed by atoms with E-state index >= 15 is 0 Å². The average Bonchev–Trinajstić information content (AvgIpc) is 2.42. The minimum Gasteiger partial charge on any atom is -0.378 e. The van der Waals surface area contributed by atoms with Gasteiger partial charge in [-0.15, -0.1) is 0 Å². The summed E-state index contributed by atoms with van der Waals surface area (Å²) in [4.78, 5) is 7.22. The van der Waals surface area contributed by atoms with Gasteiger partial charge in [0.25, 0.3) is 0 Å². The molecule has 112 valence electrons. The summed E-state index contributed by atoms with van der Waals surface area (Å²) in [5, 5.41) is 3.40. The molecule has 0 atom stereocenters. The molecule has 0 spiro atoms. The fraction of sp³-hybridized carbons (Fsp3) is 0.688. The molecule has 20 heavy (non-hydrogen) atoms. The number of morpholine rings is 1. The molecule has 1 aromatic heterocycles. The standard InChI is InChI=1S/C16H27N3O/c1-4-8-17-11-14-6-5-7-15(18-14)12-19-9-10-20-13-16(19,2)3/h5-7,17H,4,8-13H2,1-3H3. The van der Waals surface area contributed by atoms with Crippen LogP contribution < -0.4 is 5.32 Å². The van der Waals surface area contributed by atoms with Crippen molar-refractivity contribution in [3.63, 3.8) is 0 Å². The van der Waals surface area contributed by atoms with Crippen LogP contribution in [0.1, 0.15) is 38.6 Å². The molecule has 0 amide bonds. The van der Waals surface area contributed by atoms with Crippen molar-refractivity contribution in [1.82, 2.24) is 15.2 Å². The Morgan fingerprint density at radius 2 is 2.15 bits per heavy atom. The third kappa shape index (κ3) is 4.27. The second kappa shape index (κ2) is 7.16. The predicted octanol–water partition coefficient (Wildman–Crippen LogP) is 2.19. The van der Waals surface area contributed by atoms with Crippen molar-refractivity contribution in [2.75, 3.05) is 26.3 Å². The van der Waals surface area contributed by atoms with Crippen LogP contribution >= 0.6 is 0 Å². The Morgan fingerprint density at radius 1 is 1.35 bits per heavy atom. The van der Waals surface area contributed by atoms with E-state index in [1.165, 1.54) is 0 Å². The summed E-state index contributed by atoms with van der Waals surface area (Å²) < 4.78 is 5.57. The van der Waals surface area contributed by atoms with Gasteiger partial charge in [-0.1, -0.05) is 13.0 Å². The van der Waals surface area contributed by atoms with E-state index in [0.717, 1.165) is 57.2 Å². The number of rotatable bonds is 6. The molecule has 2 rings (SSSR count). The van der Waals surface area contributed by atoms with Gasteiger partial charge in [-0.2, -0.15) is 0 Å². The minimum absolute atomic E-state index is 0.0936. The largest absolute Gasteiger partial charge is 0.378 e. The van der Waals surface area contributed by atoms with Gasteiger partial charge in [-0.3, -0.25) is 9.88 Å². The van der Waals surface area contributed by atoms with Gasteiger partial charge in [0.15, 0.2) is 0 Å². The molecule has 1 aliphatic rings. The monoisotopic (exact) mass is 277 g/mol. The van der Waals surface area contributed by atoms with Gasteiger partial charge >= 0.3 is 0 Å². The summed E-state index contributed by atoms with van der Waals surface area (Å²) in [5.41, 5.74) is 2.37. The van der Waals surface area contributed by atoms with E-state index in [0.29, 0.717) is 0 Å². The Bertz CT molecular complexity index is 420. The van der Waals surface area contributed by atoms with Crippen LogP contribution in [0.25, 0.3) is 0 Å². The van der Waals surface area contributed by atoms with Crippen molar-refractivity contribution in [1.29, 1.82) is 0 Å². The lowest BCUT2D eigenvalue weighted by molar-refractivity contribution is -0.0558. The smallest absolute Gasteiger partial charge is 0.0645 e. The van der Waals surface area contributed by atoms with Crippen molar-refractivity contribution >= 4 is 0 Å². The maximum atomic E-state index is 5.57. The number of nitrogens with zero attached hydrogens (tertiary/aromatic N) is 2. The summed E-state index contributed by atoms with van der Waals surface area (Å²) in [6.07, 6.45) is 1.15. The fourth-order valence-electron chi connectivity index (χ4n) is 2.49. The molecule has 1 fully saturated rings. The highest BCUT2D eigenvalue weighted by molar-refractivity contribution is 5.11. The molecule has 0 unspecified atom stereocenters. The number of hydrogen-bond donors (Lipinski definition) is 1. The Balaban J connectivity index is 1.96. The fourth-order valence-corrected chi connectivity index (χ4v) is 2.49. The molecule has 4 heteroatoms. The van der Waals surface area contributed by atoms with Crippen LogP contribution in [0.15, 0.2) is 18.2 Å². The third-order valence-corrected chi connectivity index (χ3v) is 3.77. The second-order valence-corrected chi connectivity index (χ2v) is 6.08. The first-order valence-electron chi connectivity index (χ1n) is 7.60. The Labute approximate surface area is 122 Å². The zero-order valence-corrected chi connectivity index (χ0v) is 13.0. The molecule has 0 aromatic carbocycles. The molecular weight excluding hydrogens is 250 g/mol. The number of aromatic nitrogens is 1. The highest BCUT2D eigenvalue weighted by Gasteiger charge is 2.30. The topological polar surface area (TPSA) is 37.4 Å². The molecule has 4 nitrogen and oxygen atoms in total. The zero-order chi connectivity index (χ0) is 14.4. The minimum atomic E-state index is 0.0936. The van der Waals surface area contributed by atoms with Crippen molar-refractivity contribution in [3.05, 3.63) is 29.6 Å². The van der Waals surface area contributed by atoms with Gasteiger partial charge in [-0.05, 0) is 38.9 Å². The van der Waals surface area contributed by atoms with Gasteiger partial charge in [0.05, 0.1) is 24.6 Å². The van der Waals surface area contributed by atoms with E-state index in [9.17, 15) is 0 Å². The molecular formula is C16H27N3O. The van der Waals surface area contributed by atoms with Crippen molar-refractivity contribution in [2.24, 2.45) is 0 Å². The normalized spacial score (nSPS) is 19.1. The van der Waals surface area contributed by atoms with Crippen LogP contribution in [0.5, 0.6) is 0 Å². The summed E-state index contributed by atoms with van der Waals surface area (Å²) in [5.74, 6) is 0. The third-order valence-electron chi connectivity index (χ3n) is 3.77. The van der Waals surface area contributed by atoms with Crippen LogP contribution in [0.4, 0.5) is 0 Å². The van der Waals surface area contributed by atoms with Gasteiger partial charge in [0.1, 0.15) is 0 Å². The van der Waals surface area contributed by atoms with Gasteiger partial charge in [-0.25, -0.2) is 0 Å². The van der Waals surface area contributed by atoms with E-state index in [-0.39, 0.29) is 5.54 Å². The molecule has 0 bridgehead atoms. The number of pyridine rings is 1. The highest BCUT2D eigenvalue weighted by atomic mass is 16.5. The highest BCUT2D eigenvalue weighted by Crippen LogP contribution is 2.21. The maximum Gasteiger partial charge on any atom is 0.0645 e. The molecule has 1 aliphatic heterocycles. The predicted molar refractivity (Wildman–Crippen MR) is 81.5 cm³/mol. The van der Waals surface area contributed by atoms with Gasteiger partial charge in [0.2, 0.25) is 0 Å². The SMILES string of the molecule is CCCNCc1cccc(CN2CCOCC2(C)C)n1. The van der Waals surface area contributed by atoms with Crippen molar-refractivity contribution in [2.45, 2.75) is 45.8 Å². The second-order valence-electron chi connectivity index (χ2n) is 6.08. The first kappa shape index (κ1) is 15.4. The lowest BCUT2D eigenvalue weighted by Crippen LogP contribution is -2.52. The summed E-state index contributed by atoms with van der Waals surface area (Å²) in [7, 11) is 0. The van der Waals surface area contributed by atoms with Crippen LogP contribution in [0.3, 0.4) is 0 Å².